The molecule has 3 rings (SSSR count). The third-order valence-electron chi connectivity index (χ3n) is 9.47. The van der Waals surface area contributed by atoms with Gasteiger partial charge in [-0.2, -0.15) is 52.7 Å². The fraction of sp³-hybridized carbons (Fsp3) is 0.613. The molecule has 0 saturated heterocycles. The summed E-state index contributed by atoms with van der Waals surface area (Å²) in [5, 5.41) is 0. The molecule has 1 aliphatic carbocycles. The van der Waals surface area contributed by atoms with Gasteiger partial charge in [-0.05, 0) is 66.8 Å². The van der Waals surface area contributed by atoms with Gasteiger partial charge in [0.05, 0.1) is 5.60 Å². The molecule has 14 heteroatoms. The molecule has 2 aromatic carbocycles. The van der Waals surface area contributed by atoms with E-state index >= 15 is 8.78 Å². The molecule has 0 spiro atoms. The van der Waals surface area contributed by atoms with E-state index in [2.05, 4.69) is 9.47 Å². The van der Waals surface area contributed by atoms with Crippen LogP contribution in [0.3, 0.4) is 0 Å². The Morgan fingerprint density at radius 2 is 0.889 bits per heavy atom. The maximum atomic E-state index is 15.6. The first-order valence-corrected chi connectivity index (χ1v) is 14.2. The summed E-state index contributed by atoms with van der Waals surface area (Å²) < 4.78 is 185. The predicted molar refractivity (Wildman–Crippen MR) is 142 cm³/mol. The van der Waals surface area contributed by atoms with E-state index in [1.165, 1.54) is 13.8 Å². The molecule has 0 aliphatic heterocycles. The molecule has 2 nitrogen and oxygen atoms in total. The van der Waals surface area contributed by atoms with Crippen LogP contribution in [0.2, 0.25) is 0 Å². The van der Waals surface area contributed by atoms with Crippen LogP contribution in [0.25, 0.3) is 0 Å². The van der Waals surface area contributed by atoms with Crippen molar-refractivity contribution in [1.82, 2.24) is 0 Å². The third-order valence-corrected chi connectivity index (χ3v) is 9.47. The second-order valence-electron chi connectivity index (χ2n) is 11.8. The average Bonchev–Trinajstić information content (AvgIpc) is 2.96. The molecule has 2 unspecified atom stereocenters. The number of alkyl halides is 12. The Morgan fingerprint density at radius 1 is 0.533 bits per heavy atom. The molecule has 0 heterocycles. The molecule has 0 radical (unpaired) electrons. The second kappa shape index (κ2) is 11.3. The minimum absolute atomic E-state index is 0.174. The zero-order valence-electron chi connectivity index (χ0n) is 25.3. The van der Waals surface area contributed by atoms with Crippen LogP contribution >= 0.6 is 0 Å². The smallest absolute Gasteiger partial charge is 0.411 e. The Kier molecular flexibility index (Phi) is 9.21. The Hall–Kier alpha value is -2.64. The van der Waals surface area contributed by atoms with Gasteiger partial charge in [0.2, 0.25) is 5.41 Å². The van der Waals surface area contributed by atoms with Gasteiger partial charge in [-0.1, -0.05) is 71.0 Å². The van der Waals surface area contributed by atoms with Crippen LogP contribution in [0.5, 0.6) is 5.75 Å². The summed E-state index contributed by atoms with van der Waals surface area (Å²) in [5.74, 6) is -23.1. The van der Waals surface area contributed by atoms with E-state index in [1.54, 1.807) is 6.92 Å². The fourth-order valence-electron chi connectivity index (χ4n) is 5.44. The van der Waals surface area contributed by atoms with Crippen molar-refractivity contribution in [3.8, 4) is 5.75 Å². The van der Waals surface area contributed by atoms with Crippen molar-refractivity contribution in [1.29, 1.82) is 0 Å². The first-order valence-electron chi connectivity index (χ1n) is 14.2. The summed E-state index contributed by atoms with van der Waals surface area (Å²) in [6.07, 6.45) is -11.4. The van der Waals surface area contributed by atoms with Gasteiger partial charge < -0.3 is 9.47 Å². The first kappa shape index (κ1) is 36.8. The molecule has 0 aromatic heterocycles. The van der Waals surface area contributed by atoms with Gasteiger partial charge in [-0.3, -0.25) is 0 Å². The quantitative estimate of drug-likeness (QED) is 0.222. The molecule has 1 saturated carbocycles. The van der Waals surface area contributed by atoms with Gasteiger partial charge in [0.25, 0.3) is 0 Å². The summed E-state index contributed by atoms with van der Waals surface area (Å²) in [6.45, 7) is 9.13. The molecule has 0 N–H and O–H groups in total. The molecule has 1 fully saturated rings. The van der Waals surface area contributed by atoms with Crippen LogP contribution in [0.4, 0.5) is 52.7 Å². The molecule has 2 atom stereocenters. The normalized spacial score (nSPS) is 23.9. The number of rotatable bonds is 11. The summed E-state index contributed by atoms with van der Waals surface area (Å²) in [7, 11) is 0. The molecular weight excluding hydrogens is 632 g/mol. The van der Waals surface area contributed by atoms with E-state index in [9.17, 15) is 43.9 Å². The lowest BCUT2D eigenvalue weighted by Crippen LogP contribution is -2.89. The molecule has 0 amide bonds. The highest BCUT2D eigenvalue weighted by Gasteiger charge is 3.02. The zero-order valence-corrected chi connectivity index (χ0v) is 25.3. The number of halogens is 12. The standard InChI is InChI=1S/C31H34F12O2/c1-7-23(5,8-2)19-11-13-20(14-12-19)25(30(38,39)40,31(41,42)43)21-15-17-22(18-16-21)44-28(36)26(32,33)27(34,35)29(28,37)45-24(6,9-3)10-4/h11-18H,7-10H2,1-6H3. The maximum Gasteiger partial charge on any atom is 0.411 e. The summed E-state index contributed by atoms with van der Waals surface area (Å²) in [5.41, 5.74) is -9.29. The van der Waals surface area contributed by atoms with E-state index in [4.69, 9.17) is 0 Å². The van der Waals surface area contributed by atoms with Crippen molar-refractivity contribution in [3.63, 3.8) is 0 Å². The minimum atomic E-state index is -6.02. The van der Waals surface area contributed by atoms with Crippen molar-refractivity contribution in [2.24, 2.45) is 0 Å². The van der Waals surface area contributed by atoms with Crippen molar-refractivity contribution >= 4 is 0 Å². The molecular formula is C31H34F12O2. The Bertz CT molecular complexity index is 1310. The number of hydrogen-bond donors (Lipinski definition) is 0. The van der Waals surface area contributed by atoms with Gasteiger partial charge in [0, 0.05) is 0 Å². The molecule has 2 aromatic rings. The van der Waals surface area contributed by atoms with Crippen LogP contribution in [-0.4, -0.2) is 41.5 Å². The van der Waals surface area contributed by atoms with Crippen LogP contribution in [0.1, 0.15) is 83.9 Å². The lowest BCUT2D eigenvalue weighted by Gasteiger charge is -2.58. The Morgan fingerprint density at radius 3 is 1.24 bits per heavy atom. The maximum absolute atomic E-state index is 15.6. The topological polar surface area (TPSA) is 18.5 Å². The van der Waals surface area contributed by atoms with Crippen molar-refractivity contribution < 1.29 is 62.2 Å². The monoisotopic (exact) mass is 666 g/mol. The average molecular weight is 667 g/mol. The Balaban J connectivity index is 2.14. The van der Waals surface area contributed by atoms with Crippen LogP contribution in [0, 0.1) is 0 Å². The van der Waals surface area contributed by atoms with E-state index in [0.717, 1.165) is 19.1 Å². The SMILES string of the molecule is CCC(C)(CC)OC1(F)C(F)(F)C(F)(F)C1(F)Oc1ccc(C(c2ccc(C(C)(CC)CC)cc2)(C(F)(F)F)C(F)(F)F)cc1. The van der Waals surface area contributed by atoms with E-state index in [0.29, 0.717) is 30.5 Å². The van der Waals surface area contributed by atoms with Crippen molar-refractivity contribution in [2.45, 2.75) is 120 Å². The van der Waals surface area contributed by atoms with E-state index < -0.39 is 69.2 Å². The molecule has 45 heavy (non-hydrogen) atoms. The lowest BCUT2D eigenvalue weighted by atomic mass is 9.71. The van der Waals surface area contributed by atoms with E-state index in [-0.39, 0.29) is 37.1 Å². The zero-order chi connectivity index (χ0) is 34.7. The van der Waals surface area contributed by atoms with Gasteiger partial charge >= 0.3 is 35.9 Å². The third kappa shape index (κ3) is 5.08. The summed E-state index contributed by atoms with van der Waals surface area (Å²) >= 11 is 0. The van der Waals surface area contributed by atoms with Gasteiger partial charge in [0.1, 0.15) is 5.75 Å². The highest BCUT2D eigenvalue weighted by atomic mass is 19.4. The molecule has 0 bridgehead atoms. The largest absolute Gasteiger partial charge is 0.448 e. The van der Waals surface area contributed by atoms with Crippen LogP contribution < -0.4 is 4.74 Å². The van der Waals surface area contributed by atoms with Gasteiger partial charge in [-0.15, -0.1) is 0 Å². The predicted octanol–water partition coefficient (Wildman–Crippen LogP) is 10.8. The van der Waals surface area contributed by atoms with Crippen molar-refractivity contribution in [3.05, 3.63) is 65.2 Å². The second-order valence-corrected chi connectivity index (χ2v) is 11.8. The highest BCUT2D eigenvalue weighted by molar-refractivity contribution is 5.47. The number of benzene rings is 2. The summed E-state index contributed by atoms with van der Waals surface area (Å²) in [4.78, 5) is 0. The van der Waals surface area contributed by atoms with Gasteiger partial charge in [0.15, 0.2) is 0 Å². The molecule has 254 valence electrons. The summed E-state index contributed by atoms with van der Waals surface area (Å²) in [6, 6.07) is 4.48. The van der Waals surface area contributed by atoms with E-state index in [1.807, 2.05) is 13.8 Å². The van der Waals surface area contributed by atoms with Gasteiger partial charge in [-0.25, -0.2) is 0 Å². The van der Waals surface area contributed by atoms with Crippen LogP contribution in [0.15, 0.2) is 48.5 Å². The number of ether oxygens (including phenoxy) is 2. The molecule has 1 aliphatic rings. The van der Waals surface area contributed by atoms with Crippen LogP contribution in [-0.2, 0) is 15.6 Å². The minimum Gasteiger partial charge on any atom is -0.448 e. The lowest BCUT2D eigenvalue weighted by molar-refractivity contribution is -0.552. The first-order chi connectivity index (χ1) is 20.3. The number of hydrogen-bond acceptors (Lipinski definition) is 2. The Labute approximate surface area is 253 Å². The highest BCUT2D eigenvalue weighted by Crippen LogP contribution is 2.69. The fourth-order valence-corrected chi connectivity index (χ4v) is 5.44. The van der Waals surface area contributed by atoms with Crippen molar-refractivity contribution in [2.75, 3.05) is 0 Å².